The van der Waals surface area contributed by atoms with Crippen molar-refractivity contribution in [3.05, 3.63) is 0 Å². The Hall–Kier alpha value is -0.610. The number of amides is 1. The summed E-state index contributed by atoms with van der Waals surface area (Å²) in [5.41, 5.74) is -0.437. The summed E-state index contributed by atoms with van der Waals surface area (Å²) in [5.74, 6) is -0.0692. The molecule has 0 unspecified atom stereocenters. The fraction of sp³-hybridized carbons (Fsp3) is 0.889. The molecule has 13 heavy (non-hydrogen) atoms. The number of aliphatic hydroxyl groups excluding tert-OH is 1. The Balaban J connectivity index is 4.16. The summed E-state index contributed by atoms with van der Waals surface area (Å²) in [5, 5.41) is 14.8. The SMILES string of the molecule is CCC(CC)(CO)NC(=O)CNC. The molecule has 3 N–H and O–H groups in total. The molecule has 78 valence electrons. The van der Waals surface area contributed by atoms with E-state index in [-0.39, 0.29) is 12.5 Å². The Labute approximate surface area is 79.7 Å². The van der Waals surface area contributed by atoms with Gasteiger partial charge in [-0.1, -0.05) is 13.8 Å². The molecule has 0 spiro atoms. The lowest BCUT2D eigenvalue weighted by atomic mass is 9.94. The maximum absolute atomic E-state index is 11.3. The van der Waals surface area contributed by atoms with Gasteiger partial charge >= 0.3 is 0 Å². The number of hydrogen-bond acceptors (Lipinski definition) is 3. The van der Waals surface area contributed by atoms with Gasteiger partial charge in [-0.3, -0.25) is 4.79 Å². The number of aliphatic hydroxyl groups is 1. The number of carbonyl (C=O) groups is 1. The number of carbonyl (C=O) groups excluding carboxylic acids is 1. The minimum atomic E-state index is -0.437. The predicted molar refractivity (Wildman–Crippen MR) is 52.5 cm³/mol. The zero-order valence-electron chi connectivity index (χ0n) is 8.68. The fourth-order valence-corrected chi connectivity index (χ4v) is 1.19. The van der Waals surface area contributed by atoms with Crippen LogP contribution in [-0.4, -0.2) is 36.8 Å². The van der Waals surface area contributed by atoms with Crippen molar-refractivity contribution in [3.63, 3.8) is 0 Å². The molecule has 0 aromatic carbocycles. The van der Waals surface area contributed by atoms with E-state index in [0.29, 0.717) is 6.54 Å². The van der Waals surface area contributed by atoms with Crippen LogP contribution in [0.4, 0.5) is 0 Å². The van der Waals surface area contributed by atoms with Crippen molar-refractivity contribution in [3.8, 4) is 0 Å². The molecular weight excluding hydrogens is 168 g/mol. The molecule has 0 aliphatic heterocycles. The molecule has 0 saturated carbocycles. The molecule has 0 bridgehead atoms. The Morgan fingerprint density at radius 3 is 2.23 bits per heavy atom. The van der Waals surface area contributed by atoms with Gasteiger partial charge < -0.3 is 15.7 Å². The van der Waals surface area contributed by atoms with Gasteiger partial charge in [0.2, 0.25) is 5.91 Å². The maximum atomic E-state index is 11.3. The Kier molecular flexibility index (Phi) is 5.66. The van der Waals surface area contributed by atoms with Gasteiger partial charge in [0, 0.05) is 0 Å². The van der Waals surface area contributed by atoms with Crippen molar-refractivity contribution < 1.29 is 9.90 Å². The topological polar surface area (TPSA) is 61.4 Å². The summed E-state index contributed by atoms with van der Waals surface area (Å²) in [6, 6.07) is 0. The molecule has 0 aliphatic rings. The summed E-state index contributed by atoms with van der Waals surface area (Å²) in [6.45, 7) is 4.20. The largest absolute Gasteiger partial charge is 0.394 e. The van der Waals surface area contributed by atoms with E-state index < -0.39 is 5.54 Å². The van der Waals surface area contributed by atoms with Crippen LogP contribution in [0.1, 0.15) is 26.7 Å². The highest BCUT2D eigenvalue weighted by Crippen LogP contribution is 2.13. The Morgan fingerprint density at radius 1 is 1.38 bits per heavy atom. The van der Waals surface area contributed by atoms with Crippen LogP contribution >= 0.6 is 0 Å². The highest BCUT2D eigenvalue weighted by atomic mass is 16.3. The highest BCUT2D eigenvalue weighted by molar-refractivity contribution is 5.78. The third kappa shape index (κ3) is 3.74. The van der Waals surface area contributed by atoms with E-state index in [1.807, 2.05) is 13.8 Å². The molecule has 0 saturated heterocycles. The summed E-state index contributed by atoms with van der Waals surface area (Å²) in [6.07, 6.45) is 1.49. The van der Waals surface area contributed by atoms with E-state index in [1.54, 1.807) is 7.05 Å². The average Bonchev–Trinajstić information content (AvgIpc) is 2.15. The quantitative estimate of drug-likeness (QED) is 0.544. The summed E-state index contributed by atoms with van der Waals surface area (Å²) < 4.78 is 0. The molecule has 0 aromatic heterocycles. The van der Waals surface area contributed by atoms with Gasteiger partial charge in [0.1, 0.15) is 0 Å². The summed E-state index contributed by atoms with van der Waals surface area (Å²) >= 11 is 0. The zero-order chi connectivity index (χ0) is 10.3. The second-order valence-corrected chi connectivity index (χ2v) is 3.22. The van der Waals surface area contributed by atoms with Gasteiger partial charge in [-0.15, -0.1) is 0 Å². The van der Waals surface area contributed by atoms with E-state index in [0.717, 1.165) is 12.8 Å². The molecular formula is C9H20N2O2. The third-order valence-electron chi connectivity index (χ3n) is 2.40. The first kappa shape index (κ1) is 12.4. The van der Waals surface area contributed by atoms with Gasteiger partial charge in [-0.2, -0.15) is 0 Å². The second kappa shape index (κ2) is 5.94. The number of nitrogens with one attached hydrogen (secondary N) is 2. The van der Waals surface area contributed by atoms with E-state index >= 15 is 0 Å². The van der Waals surface area contributed by atoms with Gasteiger partial charge in [-0.25, -0.2) is 0 Å². The lowest BCUT2D eigenvalue weighted by molar-refractivity contribution is -0.122. The molecule has 4 heteroatoms. The number of likely N-dealkylation sites (N-methyl/N-ethyl adjacent to an activating group) is 1. The lowest BCUT2D eigenvalue weighted by Gasteiger charge is -2.30. The van der Waals surface area contributed by atoms with Crippen LogP contribution in [0.5, 0.6) is 0 Å². The van der Waals surface area contributed by atoms with E-state index in [2.05, 4.69) is 10.6 Å². The first-order valence-corrected chi connectivity index (χ1v) is 4.70. The van der Waals surface area contributed by atoms with Crippen LogP contribution in [0.25, 0.3) is 0 Å². The standard InChI is InChI=1S/C9H20N2O2/c1-4-9(5-2,7-12)11-8(13)6-10-3/h10,12H,4-7H2,1-3H3,(H,11,13). The van der Waals surface area contributed by atoms with Crippen LogP contribution in [0.2, 0.25) is 0 Å². The van der Waals surface area contributed by atoms with Gasteiger partial charge in [0.05, 0.1) is 18.7 Å². The van der Waals surface area contributed by atoms with Crippen molar-refractivity contribution in [2.45, 2.75) is 32.2 Å². The molecule has 1 amide bonds. The number of rotatable bonds is 6. The van der Waals surface area contributed by atoms with E-state index in [1.165, 1.54) is 0 Å². The molecule has 4 nitrogen and oxygen atoms in total. The van der Waals surface area contributed by atoms with E-state index in [4.69, 9.17) is 5.11 Å². The smallest absolute Gasteiger partial charge is 0.234 e. The maximum Gasteiger partial charge on any atom is 0.234 e. The fourth-order valence-electron chi connectivity index (χ4n) is 1.19. The zero-order valence-corrected chi connectivity index (χ0v) is 8.68. The molecule has 0 radical (unpaired) electrons. The summed E-state index contributed by atoms with van der Waals surface area (Å²) in [7, 11) is 1.72. The van der Waals surface area contributed by atoms with Crippen LogP contribution in [0, 0.1) is 0 Å². The molecule has 0 fully saturated rings. The van der Waals surface area contributed by atoms with Crippen molar-refractivity contribution in [1.82, 2.24) is 10.6 Å². The van der Waals surface area contributed by atoms with Crippen LogP contribution in [0.15, 0.2) is 0 Å². The monoisotopic (exact) mass is 188 g/mol. The van der Waals surface area contributed by atoms with Crippen molar-refractivity contribution in [2.24, 2.45) is 0 Å². The Morgan fingerprint density at radius 2 is 1.92 bits per heavy atom. The average molecular weight is 188 g/mol. The third-order valence-corrected chi connectivity index (χ3v) is 2.40. The molecule has 0 heterocycles. The van der Waals surface area contributed by atoms with Crippen molar-refractivity contribution in [2.75, 3.05) is 20.2 Å². The summed E-state index contributed by atoms with van der Waals surface area (Å²) in [4.78, 5) is 11.3. The van der Waals surface area contributed by atoms with Crippen LogP contribution in [-0.2, 0) is 4.79 Å². The van der Waals surface area contributed by atoms with E-state index in [9.17, 15) is 4.79 Å². The minimum Gasteiger partial charge on any atom is -0.394 e. The van der Waals surface area contributed by atoms with Gasteiger partial charge in [-0.05, 0) is 19.9 Å². The lowest BCUT2D eigenvalue weighted by Crippen LogP contribution is -2.52. The molecule has 0 atom stereocenters. The van der Waals surface area contributed by atoms with Crippen molar-refractivity contribution >= 4 is 5.91 Å². The molecule has 0 aromatic rings. The normalized spacial score (nSPS) is 11.4. The van der Waals surface area contributed by atoms with Crippen LogP contribution < -0.4 is 10.6 Å². The second-order valence-electron chi connectivity index (χ2n) is 3.22. The van der Waals surface area contributed by atoms with Crippen molar-refractivity contribution in [1.29, 1.82) is 0 Å². The minimum absolute atomic E-state index is 0.00451. The predicted octanol–water partition coefficient (Wildman–Crippen LogP) is -0.127. The van der Waals surface area contributed by atoms with Gasteiger partial charge in [0.15, 0.2) is 0 Å². The van der Waals surface area contributed by atoms with Crippen LogP contribution in [0.3, 0.4) is 0 Å². The Bertz CT molecular complexity index is 147. The first-order chi connectivity index (χ1) is 6.14. The number of hydrogen-bond donors (Lipinski definition) is 3. The molecule has 0 rings (SSSR count). The van der Waals surface area contributed by atoms with Gasteiger partial charge in [0.25, 0.3) is 0 Å². The first-order valence-electron chi connectivity index (χ1n) is 4.70. The molecule has 0 aliphatic carbocycles. The highest BCUT2D eigenvalue weighted by Gasteiger charge is 2.26.